The van der Waals surface area contributed by atoms with Gasteiger partial charge in [-0.2, -0.15) is 0 Å². The van der Waals surface area contributed by atoms with Gasteiger partial charge in [0.15, 0.2) is 11.5 Å². The van der Waals surface area contributed by atoms with Gasteiger partial charge in [-0.15, -0.1) is 23.2 Å². The Morgan fingerprint density at radius 1 is 1.00 bits per heavy atom. The molecule has 1 amide bonds. The molecule has 0 bridgehead atoms. The van der Waals surface area contributed by atoms with Crippen molar-refractivity contribution in [3.63, 3.8) is 0 Å². The third-order valence-electron chi connectivity index (χ3n) is 6.83. The van der Waals surface area contributed by atoms with Gasteiger partial charge in [0.05, 0.1) is 19.6 Å². The summed E-state index contributed by atoms with van der Waals surface area (Å²) >= 11 is 13.2. The van der Waals surface area contributed by atoms with Crippen molar-refractivity contribution in [3.05, 3.63) is 93.1 Å². The number of hydrogen-bond donors (Lipinski definition) is 1. The molecule has 6 rings (SSSR count). The lowest BCUT2D eigenvalue weighted by molar-refractivity contribution is 0.0661. The maximum Gasteiger partial charge on any atom is 0.255 e. The minimum atomic E-state index is -0.750. The Hall–Kier alpha value is -2.67. The number of aromatic nitrogens is 1. The maximum absolute atomic E-state index is 13.7. The number of hydrogen-bond acceptors (Lipinski definition) is 3. The molecule has 1 aromatic heterocycles. The number of benzene rings is 3. The number of methoxy groups -OCH3 is 2. The van der Waals surface area contributed by atoms with E-state index in [0.717, 1.165) is 49.6 Å². The molecular weight excluding hydrogens is 551 g/mol. The molecule has 2 aliphatic rings. The molecule has 4 aromatic rings. The van der Waals surface area contributed by atoms with Gasteiger partial charge in [-0.05, 0) is 59.5 Å². The summed E-state index contributed by atoms with van der Waals surface area (Å²) in [4.78, 5) is 19.1. The lowest BCUT2D eigenvalue weighted by Gasteiger charge is -2.44. The zero-order valence-electron chi connectivity index (χ0n) is 19.2. The van der Waals surface area contributed by atoms with E-state index in [9.17, 15) is 4.79 Å². The van der Waals surface area contributed by atoms with E-state index in [-0.39, 0.29) is 11.2 Å². The van der Waals surface area contributed by atoms with Crippen molar-refractivity contribution in [3.8, 4) is 11.5 Å². The molecule has 8 heteroatoms. The molecule has 1 atom stereocenters. The van der Waals surface area contributed by atoms with Gasteiger partial charge < -0.3 is 19.4 Å². The zero-order chi connectivity index (χ0) is 24.7. The Labute approximate surface area is 222 Å². The zero-order valence-corrected chi connectivity index (χ0v) is 22.3. The number of fused-ring (bicyclic) bond motifs is 6. The second kappa shape index (κ2) is 9.41. The SMILES string of the molecule is COc1cc2c(cc1OC)[C@]1(c3c[nH]c4ccc(Br)cc34)c3ccccc3C(=O)N1CC2.ClCCl. The second-order valence-electron chi connectivity index (χ2n) is 8.32. The molecule has 0 radical (unpaired) electrons. The van der Waals surface area contributed by atoms with Gasteiger partial charge in [-0.3, -0.25) is 4.79 Å². The number of nitrogens with zero attached hydrogens (tertiary/aromatic N) is 1. The smallest absolute Gasteiger partial charge is 0.255 e. The third kappa shape index (κ3) is 3.53. The summed E-state index contributed by atoms with van der Waals surface area (Å²) in [6.45, 7) is 0.622. The van der Waals surface area contributed by atoms with Gasteiger partial charge in [0.1, 0.15) is 5.54 Å². The molecule has 0 saturated heterocycles. The molecule has 5 nitrogen and oxygen atoms in total. The van der Waals surface area contributed by atoms with Crippen LogP contribution in [-0.2, 0) is 12.0 Å². The molecule has 35 heavy (non-hydrogen) atoms. The first-order valence-corrected chi connectivity index (χ1v) is 12.9. The first-order valence-electron chi connectivity index (χ1n) is 11.1. The molecular formula is C27H23BrCl2N2O3. The fraction of sp³-hybridized carbons (Fsp3) is 0.222. The number of carbonyl (C=O) groups excluding carboxylic acids is 1. The van der Waals surface area contributed by atoms with E-state index in [1.165, 1.54) is 0 Å². The Balaban J connectivity index is 0.000000806. The predicted molar refractivity (Wildman–Crippen MR) is 143 cm³/mol. The van der Waals surface area contributed by atoms with Crippen LogP contribution in [0.3, 0.4) is 0 Å². The Morgan fingerprint density at radius 2 is 1.71 bits per heavy atom. The Bertz CT molecular complexity index is 1440. The van der Waals surface area contributed by atoms with Crippen LogP contribution in [0.5, 0.6) is 11.5 Å². The van der Waals surface area contributed by atoms with Gasteiger partial charge in [-0.1, -0.05) is 34.1 Å². The van der Waals surface area contributed by atoms with Crippen LogP contribution in [0.4, 0.5) is 0 Å². The number of amides is 1. The van der Waals surface area contributed by atoms with Crippen molar-refractivity contribution < 1.29 is 14.3 Å². The van der Waals surface area contributed by atoms with Gasteiger partial charge in [0.25, 0.3) is 5.91 Å². The van der Waals surface area contributed by atoms with Crippen molar-refractivity contribution in [1.82, 2.24) is 9.88 Å². The van der Waals surface area contributed by atoms with E-state index in [0.29, 0.717) is 18.0 Å². The Kier molecular flexibility index (Phi) is 6.47. The third-order valence-corrected chi connectivity index (χ3v) is 7.33. The van der Waals surface area contributed by atoms with Crippen LogP contribution in [0.1, 0.15) is 32.6 Å². The minimum Gasteiger partial charge on any atom is -0.493 e. The summed E-state index contributed by atoms with van der Waals surface area (Å²) in [5, 5.41) is 1.27. The van der Waals surface area contributed by atoms with Crippen LogP contribution >= 0.6 is 39.1 Å². The summed E-state index contributed by atoms with van der Waals surface area (Å²) < 4.78 is 12.3. The van der Waals surface area contributed by atoms with Gasteiger partial charge >= 0.3 is 0 Å². The molecule has 0 aliphatic carbocycles. The van der Waals surface area contributed by atoms with E-state index in [4.69, 9.17) is 32.7 Å². The molecule has 2 aliphatic heterocycles. The summed E-state index contributed by atoms with van der Waals surface area (Å²) in [6, 6.07) is 18.3. The maximum atomic E-state index is 13.7. The summed E-state index contributed by atoms with van der Waals surface area (Å²) in [6.07, 6.45) is 2.80. The van der Waals surface area contributed by atoms with Crippen molar-refractivity contribution in [1.29, 1.82) is 0 Å². The number of H-pyrrole nitrogens is 1. The molecule has 0 unspecified atom stereocenters. The van der Waals surface area contributed by atoms with Gasteiger partial charge in [0, 0.05) is 39.2 Å². The monoisotopic (exact) mass is 572 g/mol. The summed E-state index contributed by atoms with van der Waals surface area (Å²) in [7, 11) is 3.30. The van der Waals surface area contributed by atoms with E-state index >= 15 is 0 Å². The van der Waals surface area contributed by atoms with Crippen molar-refractivity contribution in [2.45, 2.75) is 12.0 Å². The minimum absolute atomic E-state index is 0.0605. The topological polar surface area (TPSA) is 54.6 Å². The molecule has 3 heterocycles. The highest BCUT2D eigenvalue weighted by atomic mass is 79.9. The fourth-order valence-corrected chi connectivity index (χ4v) is 5.87. The summed E-state index contributed by atoms with van der Waals surface area (Å²) in [5.41, 5.74) is 5.30. The molecule has 1 N–H and O–H groups in total. The number of rotatable bonds is 3. The van der Waals surface area contributed by atoms with Crippen molar-refractivity contribution in [2.75, 3.05) is 26.1 Å². The number of carbonyl (C=O) groups is 1. The van der Waals surface area contributed by atoms with Crippen LogP contribution < -0.4 is 9.47 Å². The highest BCUT2D eigenvalue weighted by Gasteiger charge is 2.55. The van der Waals surface area contributed by atoms with E-state index in [1.807, 2.05) is 41.4 Å². The number of nitrogens with one attached hydrogen (secondary N) is 1. The quantitative estimate of drug-likeness (QED) is 0.278. The molecule has 0 saturated carbocycles. The second-order valence-corrected chi connectivity index (χ2v) is 10.0. The standard InChI is InChI=1S/C26H21BrN2O3.CH2Cl2/c1-31-23-11-15-9-10-29-25(30)17-5-3-4-6-19(17)26(29,20(15)13-24(23)32-2)21-14-28-22-8-7-16(27)12-18(21)22;2-1-3/h3-8,11-14,28H,9-10H2,1-2H3;1H2/t26-;/m0./s1. The molecule has 3 aromatic carbocycles. The van der Waals surface area contributed by atoms with Crippen LogP contribution in [0.15, 0.2) is 65.3 Å². The predicted octanol–water partition coefficient (Wildman–Crippen LogP) is 6.67. The first-order chi connectivity index (χ1) is 17.0. The Morgan fingerprint density at radius 3 is 2.46 bits per heavy atom. The van der Waals surface area contributed by atoms with E-state index in [2.05, 4.69) is 45.2 Å². The number of ether oxygens (including phenoxy) is 2. The largest absolute Gasteiger partial charge is 0.493 e. The number of alkyl halides is 2. The van der Waals surface area contributed by atoms with Crippen LogP contribution in [0.2, 0.25) is 0 Å². The molecule has 0 spiro atoms. The normalized spacial score (nSPS) is 17.9. The molecule has 180 valence electrons. The number of halogens is 3. The van der Waals surface area contributed by atoms with Gasteiger partial charge in [-0.25, -0.2) is 0 Å². The lowest BCUT2D eigenvalue weighted by atomic mass is 9.72. The van der Waals surface area contributed by atoms with Gasteiger partial charge in [0.2, 0.25) is 0 Å². The average molecular weight is 574 g/mol. The highest BCUT2D eigenvalue weighted by Crippen LogP contribution is 2.55. The lowest BCUT2D eigenvalue weighted by Crippen LogP contribution is -2.50. The van der Waals surface area contributed by atoms with Crippen molar-refractivity contribution in [2.24, 2.45) is 0 Å². The fourth-order valence-electron chi connectivity index (χ4n) is 5.51. The van der Waals surface area contributed by atoms with E-state index < -0.39 is 5.54 Å². The highest BCUT2D eigenvalue weighted by molar-refractivity contribution is 9.10. The first kappa shape index (κ1) is 24.0. The average Bonchev–Trinajstić information content (AvgIpc) is 3.41. The van der Waals surface area contributed by atoms with Crippen LogP contribution in [0.25, 0.3) is 10.9 Å². The van der Waals surface area contributed by atoms with Crippen LogP contribution in [0, 0.1) is 0 Å². The summed E-state index contributed by atoms with van der Waals surface area (Å²) in [5.74, 6) is 1.42. The van der Waals surface area contributed by atoms with E-state index in [1.54, 1.807) is 14.2 Å². The van der Waals surface area contributed by atoms with Crippen LogP contribution in [-0.4, -0.2) is 41.9 Å². The molecule has 0 fully saturated rings. The number of aromatic amines is 1. The van der Waals surface area contributed by atoms with Crippen molar-refractivity contribution >= 4 is 55.9 Å².